The largest absolute Gasteiger partial charge is 0.449 e. The Balaban J connectivity index is 1.51. The molecule has 2 aliphatic rings. The first-order chi connectivity index (χ1) is 10.1. The molecular weight excluding hydrogens is 266 g/mol. The Morgan fingerprint density at radius 3 is 2.81 bits per heavy atom. The number of nitrogens with one attached hydrogen (secondary N) is 1. The molecule has 4 nitrogen and oxygen atoms in total. The molecule has 4 heteroatoms. The van der Waals surface area contributed by atoms with Crippen LogP contribution in [0.4, 0.5) is 10.5 Å². The van der Waals surface area contributed by atoms with Gasteiger partial charge in [-0.2, -0.15) is 0 Å². The molecule has 1 amide bonds. The summed E-state index contributed by atoms with van der Waals surface area (Å²) in [5, 5.41) is 2.67. The highest BCUT2D eigenvalue weighted by Crippen LogP contribution is 2.43. The van der Waals surface area contributed by atoms with Crippen molar-refractivity contribution in [2.24, 2.45) is 17.8 Å². The van der Waals surface area contributed by atoms with Gasteiger partial charge >= 0.3 is 6.09 Å². The Morgan fingerprint density at radius 2 is 2.14 bits per heavy atom. The number of fused-ring (bicyclic) bond motifs is 2. The summed E-state index contributed by atoms with van der Waals surface area (Å²) < 4.78 is 5.31. The fourth-order valence-electron chi connectivity index (χ4n) is 3.24. The summed E-state index contributed by atoms with van der Waals surface area (Å²) in [6, 6.07) is 6.87. The van der Waals surface area contributed by atoms with Crippen LogP contribution in [-0.2, 0) is 4.74 Å². The van der Waals surface area contributed by atoms with Crippen LogP contribution in [0.1, 0.15) is 30.1 Å². The fraction of sp³-hybridized carbons (Fsp3) is 0.412. The van der Waals surface area contributed by atoms with Gasteiger partial charge in [-0.1, -0.05) is 24.3 Å². The lowest BCUT2D eigenvalue weighted by atomic mass is 9.95. The van der Waals surface area contributed by atoms with Crippen molar-refractivity contribution in [3.8, 4) is 0 Å². The van der Waals surface area contributed by atoms with Crippen molar-refractivity contribution >= 4 is 17.6 Å². The van der Waals surface area contributed by atoms with Crippen molar-refractivity contribution in [3.05, 3.63) is 42.0 Å². The Kier molecular flexibility index (Phi) is 3.78. The minimum atomic E-state index is -0.456. The van der Waals surface area contributed by atoms with E-state index in [1.165, 1.54) is 13.3 Å². The van der Waals surface area contributed by atoms with E-state index < -0.39 is 6.09 Å². The van der Waals surface area contributed by atoms with Gasteiger partial charge < -0.3 is 4.74 Å². The lowest BCUT2D eigenvalue weighted by molar-refractivity contribution is 0.101. The van der Waals surface area contributed by atoms with Gasteiger partial charge in [-0.25, -0.2) is 4.79 Å². The molecule has 110 valence electrons. The molecule has 21 heavy (non-hydrogen) atoms. The second kappa shape index (κ2) is 5.72. The Labute approximate surface area is 124 Å². The van der Waals surface area contributed by atoms with Crippen LogP contribution in [0.3, 0.4) is 0 Å². The molecule has 0 spiro atoms. The lowest BCUT2D eigenvalue weighted by Crippen LogP contribution is -2.21. The van der Waals surface area contributed by atoms with Gasteiger partial charge in [0.1, 0.15) is 0 Å². The number of benzene rings is 1. The van der Waals surface area contributed by atoms with Crippen LogP contribution in [0, 0.1) is 17.8 Å². The van der Waals surface area contributed by atoms with Gasteiger partial charge in [0, 0.05) is 17.2 Å². The predicted octanol–water partition coefficient (Wildman–Crippen LogP) is 3.65. The second-order valence-electron chi connectivity index (χ2n) is 5.90. The number of anilines is 1. The quantitative estimate of drug-likeness (QED) is 0.678. The van der Waals surface area contributed by atoms with E-state index in [4.69, 9.17) is 4.74 Å². The topological polar surface area (TPSA) is 55.4 Å². The number of carbonyl (C=O) groups is 2. The van der Waals surface area contributed by atoms with Crippen LogP contribution in [0.5, 0.6) is 0 Å². The minimum Gasteiger partial charge on any atom is -0.449 e. The average molecular weight is 285 g/mol. The van der Waals surface area contributed by atoms with E-state index in [-0.39, 0.29) is 5.78 Å². The Bertz CT molecular complexity index is 593. The van der Waals surface area contributed by atoms with Crippen molar-refractivity contribution in [3.63, 3.8) is 0 Å². The van der Waals surface area contributed by atoms with Crippen molar-refractivity contribution in [2.45, 2.75) is 19.8 Å². The smallest absolute Gasteiger partial charge is 0.411 e. The molecule has 1 fully saturated rings. The molecule has 2 aliphatic carbocycles. The van der Waals surface area contributed by atoms with Crippen LogP contribution >= 0.6 is 0 Å². The maximum atomic E-state index is 11.8. The highest BCUT2D eigenvalue weighted by molar-refractivity contribution is 5.96. The van der Waals surface area contributed by atoms with E-state index in [1.54, 1.807) is 24.3 Å². The van der Waals surface area contributed by atoms with Gasteiger partial charge in [-0.3, -0.25) is 10.1 Å². The number of rotatable bonds is 4. The van der Waals surface area contributed by atoms with Gasteiger partial charge in [0.25, 0.3) is 0 Å². The third kappa shape index (κ3) is 3.15. The van der Waals surface area contributed by atoms with E-state index >= 15 is 0 Å². The van der Waals surface area contributed by atoms with Gasteiger partial charge in [-0.05, 0) is 43.7 Å². The van der Waals surface area contributed by atoms with Crippen molar-refractivity contribution in [2.75, 3.05) is 11.9 Å². The molecule has 0 unspecified atom stereocenters. The molecule has 0 heterocycles. The predicted molar refractivity (Wildman–Crippen MR) is 80.3 cm³/mol. The zero-order valence-electron chi connectivity index (χ0n) is 12.0. The summed E-state index contributed by atoms with van der Waals surface area (Å²) in [6.45, 7) is 1.96. The average Bonchev–Trinajstić information content (AvgIpc) is 3.08. The number of ketones is 1. The number of hydrogen-bond acceptors (Lipinski definition) is 3. The minimum absolute atomic E-state index is 0.0271. The van der Waals surface area contributed by atoms with Gasteiger partial charge in [0.05, 0.1) is 6.61 Å². The van der Waals surface area contributed by atoms with Gasteiger partial charge in [0.2, 0.25) is 0 Å². The van der Waals surface area contributed by atoms with Crippen molar-refractivity contribution in [1.29, 1.82) is 0 Å². The summed E-state index contributed by atoms with van der Waals surface area (Å²) in [7, 11) is 0. The first-order valence-corrected chi connectivity index (χ1v) is 7.35. The van der Waals surface area contributed by atoms with Crippen molar-refractivity contribution < 1.29 is 14.3 Å². The van der Waals surface area contributed by atoms with Crippen LogP contribution in [-0.4, -0.2) is 18.5 Å². The number of carbonyl (C=O) groups excluding carboxylic acids is 2. The SMILES string of the molecule is CC(=O)c1cccc(NC(=O)OC[C@H]2C[C@H]3C=C[C@H]2C3)c1. The van der Waals surface area contributed by atoms with E-state index in [1.807, 2.05) is 0 Å². The highest BCUT2D eigenvalue weighted by atomic mass is 16.5. The first-order valence-electron chi connectivity index (χ1n) is 7.35. The zero-order valence-corrected chi connectivity index (χ0v) is 12.0. The molecule has 3 atom stereocenters. The number of allylic oxidation sites excluding steroid dienone is 2. The normalized spacial score (nSPS) is 25.9. The number of hydrogen-bond donors (Lipinski definition) is 1. The van der Waals surface area contributed by atoms with Crippen LogP contribution < -0.4 is 5.32 Å². The maximum Gasteiger partial charge on any atom is 0.411 e. The number of ether oxygens (including phenoxy) is 1. The maximum absolute atomic E-state index is 11.8. The molecule has 0 saturated heterocycles. The number of Topliss-reactive ketones (excluding diaryl/α,β-unsaturated/α-hetero) is 1. The van der Waals surface area contributed by atoms with E-state index in [0.717, 1.165) is 6.42 Å². The van der Waals surface area contributed by atoms with E-state index in [9.17, 15) is 9.59 Å². The first kappa shape index (κ1) is 13.9. The Morgan fingerprint density at radius 1 is 1.29 bits per heavy atom. The third-order valence-electron chi connectivity index (χ3n) is 4.36. The molecule has 0 radical (unpaired) electrons. The second-order valence-corrected chi connectivity index (χ2v) is 5.90. The standard InChI is InChI=1S/C17H19NO3/c1-11(19)13-3-2-4-16(9-13)18-17(20)21-10-15-8-12-5-6-14(15)7-12/h2-6,9,12,14-15H,7-8,10H2,1H3,(H,18,20)/t12-,14-,15+/m0/s1. The summed E-state index contributed by atoms with van der Waals surface area (Å²) in [4.78, 5) is 23.1. The summed E-state index contributed by atoms with van der Waals surface area (Å²) in [5.41, 5.74) is 1.16. The zero-order chi connectivity index (χ0) is 14.8. The molecule has 1 saturated carbocycles. The van der Waals surface area contributed by atoms with Crippen LogP contribution in [0.25, 0.3) is 0 Å². The molecule has 1 aromatic rings. The molecule has 0 aliphatic heterocycles. The van der Waals surface area contributed by atoms with E-state index in [2.05, 4.69) is 17.5 Å². The molecule has 1 aromatic carbocycles. The van der Waals surface area contributed by atoms with Gasteiger partial charge in [-0.15, -0.1) is 0 Å². The fourth-order valence-corrected chi connectivity index (χ4v) is 3.24. The molecule has 0 aromatic heterocycles. The molecule has 2 bridgehead atoms. The lowest BCUT2D eigenvalue weighted by Gasteiger charge is -2.17. The number of amides is 1. The summed E-state index contributed by atoms with van der Waals surface area (Å²) in [6.07, 6.45) is 6.39. The Hall–Kier alpha value is -2.10. The van der Waals surface area contributed by atoms with Crippen molar-refractivity contribution in [1.82, 2.24) is 0 Å². The monoisotopic (exact) mass is 285 g/mol. The highest BCUT2D eigenvalue weighted by Gasteiger charge is 2.36. The molecule has 1 N–H and O–H groups in total. The summed E-state index contributed by atoms with van der Waals surface area (Å²) in [5.74, 6) is 1.68. The van der Waals surface area contributed by atoms with Gasteiger partial charge in [0.15, 0.2) is 5.78 Å². The van der Waals surface area contributed by atoms with Crippen LogP contribution in [0.15, 0.2) is 36.4 Å². The van der Waals surface area contributed by atoms with Crippen LogP contribution in [0.2, 0.25) is 0 Å². The molecular formula is C17H19NO3. The van der Waals surface area contributed by atoms with E-state index in [0.29, 0.717) is 35.6 Å². The molecule has 3 rings (SSSR count). The summed E-state index contributed by atoms with van der Waals surface area (Å²) >= 11 is 0. The third-order valence-corrected chi connectivity index (χ3v) is 4.36.